The van der Waals surface area contributed by atoms with Crippen molar-refractivity contribution in [3.8, 4) is 0 Å². The van der Waals surface area contributed by atoms with E-state index in [1.54, 1.807) is 18.5 Å². The Morgan fingerprint density at radius 2 is 1.73 bits per heavy atom. The summed E-state index contributed by atoms with van der Waals surface area (Å²) in [5.74, 6) is 3.35. The van der Waals surface area contributed by atoms with Gasteiger partial charge in [0, 0.05) is 18.9 Å². The van der Waals surface area contributed by atoms with Crippen molar-refractivity contribution in [3.05, 3.63) is 18.5 Å². The number of amides is 1. The van der Waals surface area contributed by atoms with E-state index in [1.165, 1.54) is 50.3 Å². The van der Waals surface area contributed by atoms with Gasteiger partial charge in [-0.15, -0.1) is 0 Å². The number of nitrogens with zero attached hydrogens (tertiary/aromatic N) is 2. The summed E-state index contributed by atoms with van der Waals surface area (Å²) in [6.07, 6.45) is 11.8. The lowest BCUT2D eigenvalue weighted by molar-refractivity contribution is -0.120. The zero-order valence-electron chi connectivity index (χ0n) is 12.8. The molecule has 1 aromatic rings. The number of hydrogen-bond donors (Lipinski definition) is 1. The first kappa shape index (κ1) is 14.5. The third kappa shape index (κ3) is 3.00. The molecule has 22 heavy (non-hydrogen) atoms. The van der Waals surface area contributed by atoms with Crippen LogP contribution in [-0.2, 0) is 4.79 Å². The van der Waals surface area contributed by atoms with E-state index in [1.807, 2.05) is 0 Å². The molecule has 1 heterocycles. The minimum atomic E-state index is 0.119. The first-order valence-electron chi connectivity index (χ1n) is 8.37. The summed E-state index contributed by atoms with van der Waals surface area (Å²) in [6, 6.07) is 1.79. The van der Waals surface area contributed by atoms with Gasteiger partial charge in [0.2, 0.25) is 5.91 Å². The van der Waals surface area contributed by atoms with Crippen molar-refractivity contribution in [1.82, 2.24) is 15.3 Å². The SMILES string of the molecule is O=C(CSc1ncccn1)NCC12CC3CC(CC(C3)C1)C2. The van der Waals surface area contributed by atoms with E-state index in [0.717, 1.165) is 24.3 Å². The Labute approximate surface area is 135 Å². The molecule has 4 bridgehead atoms. The highest BCUT2D eigenvalue weighted by Gasteiger charge is 2.50. The van der Waals surface area contributed by atoms with E-state index in [-0.39, 0.29) is 5.91 Å². The van der Waals surface area contributed by atoms with E-state index in [9.17, 15) is 4.79 Å². The number of carbonyl (C=O) groups is 1. The Kier molecular flexibility index (Phi) is 3.84. The first-order chi connectivity index (χ1) is 10.7. The molecule has 0 saturated heterocycles. The van der Waals surface area contributed by atoms with Crippen LogP contribution in [0.25, 0.3) is 0 Å². The molecule has 0 spiro atoms. The fourth-order valence-corrected chi connectivity index (χ4v) is 5.97. The molecule has 4 aliphatic carbocycles. The maximum Gasteiger partial charge on any atom is 0.230 e. The van der Waals surface area contributed by atoms with Gasteiger partial charge in [0.05, 0.1) is 5.75 Å². The predicted molar refractivity (Wildman–Crippen MR) is 86.4 cm³/mol. The molecule has 1 N–H and O–H groups in total. The van der Waals surface area contributed by atoms with Crippen LogP contribution in [0.2, 0.25) is 0 Å². The fraction of sp³-hybridized carbons (Fsp3) is 0.706. The predicted octanol–water partition coefficient (Wildman–Crippen LogP) is 2.90. The van der Waals surface area contributed by atoms with Crippen LogP contribution in [0.4, 0.5) is 0 Å². The molecule has 118 valence electrons. The van der Waals surface area contributed by atoms with Gasteiger partial charge in [-0.1, -0.05) is 11.8 Å². The van der Waals surface area contributed by atoms with Crippen molar-refractivity contribution in [3.63, 3.8) is 0 Å². The molecular weight excluding hydrogens is 294 g/mol. The summed E-state index contributed by atoms with van der Waals surface area (Å²) in [7, 11) is 0. The van der Waals surface area contributed by atoms with E-state index in [4.69, 9.17) is 0 Å². The summed E-state index contributed by atoms with van der Waals surface area (Å²) in [6.45, 7) is 0.880. The molecule has 4 aliphatic rings. The molecule has 4 fully saturated rings. The summed E-state index contributed by atoms with van der Waals surface area (Å²) in [4.78, 5) is 20.4. The van der Waals surface area contributed by atoms with Gasteiger partial charge in [-0.2, -0.15) is 0 Å². The maximum absolute atomic E-state index is 12.1. The molecule has 5 heteroatoms. The van der Waals surface area contributed by atoms with Crippen LogP contribution < -0.4 is 5.32 Å². The highest BCUT2D eigenvalue weighted by atomic mass is 32.2. The quantitative estimate of drug-likeness (QED) is 0.670. The Hall–Kier alpha value is -1.10. The van der Waals surface area contributed by atoms with Crippen molar-refractivity contribution in [2.24, 2.45) is 23.2 Å². The lowest BCUT2D eigenvalue weighted by atomic mass is 9.49. The average molecular weight is 317 g/mol. The lowest BCUT2D eigenvalue weighted by Gasteiger charge is -2.56. The Balaban J connectivity index is 1.28. The number of aromatic nitrogens is 2. The standard InChI is InChI=1S/C17H23N3OS/c21-15(10-22-16-18-2-1-3-19-16)20-11-17-7-12-4-13(8-17)6-14(5-12)9-17/h1-3,12-14H,4-11H2,(H,20,21). The monoisotopic (exact) mass is 317 g/mol. The van der Waals surface area contributed by atoms with Crippen molar-refractivity contribution >= 4 is 17.7 Å². The van der Waals surface area contributed by atoms with E-state index in [0.29, 0.717) is 16.3 Å². The Morgan fingerprint density at radius 3 is 2.32 bits per heavy atom. The third-order valence-electron chi connectivity index (χ3n) is 5.70. The van der Waals surface area contributed by atoms with Crippen LogP contribution >= 0.6 is 11.8 Å². The van der Waals surface area contributed by atoms with Crippen LogP contribution in [-0.4, -0.2) is 28.2 Å². The van der Waals surface area contributed by atoms with Crippen LogP contribution in [0.1, 0.15) is 38.5 Å². The topological polar surface area (TPSA) is 54.9 Å². The summed E-state index contributed by atoms with van der Waals surface area (Å²) < 4.78 is 0. The lowest BCUT2D eigenvalue weighted by Crippen LogP contribution is -2.51. The Morgan fingerprint density at radius 1 is 1.14 bits per heavy atom. The number of thioether (sulfide) groups is 1. The van der Waals surface area contributed by atoms with Crippen molar-refractivity contribution in [2.45, 2.75) is 43.7 Å². The second-order valence-corrected chi connectivity index (χ2v) is 8.46. The van der Waals surface area contributed by atoms with Gasteiger partial charge < -0.3 is 5.32 Å². The van der Waals surface area contributed by atoms with Gasteiger partial charge >= 0.3 is 0 Å². The molecule has 0 aliphatic heterocycles. The van der Waals surface area contributed by atoms with Crippen molar-refractivity contribution < 1.29 is 4.79 Å². The summed E-state index contributed by atoms with van der Waals surface area (Å²) >= 11 is 1.41. The van der Waals surface area contributed by atoms with Crippen LogP contribution in [0.3, 0.4) is 0 Å². The molecule has 4 saturated carbocycles. The van der Waals surface area contributed by atoms with Gasteiger partial charge in [-0.05, 0) is 67.8 Å². The van der Waals surface area contributed by atoms with Gasteiger partial charge in [0.25, 0.3) is 0 Å². The number of nitrogens with one attached hydrogen (secondary N) is 1. The molecule has 5 rings (SSSR count). The molecule has 0 unspecified atom stereocenters. The fourth-order valence-electron chi connectivity index (χ4n) is 5.33. The van der Waals surface area contributed by atoms with Crippen LogP contribution in [0, 0.1) is 23.2 Å². The summed E-state index contributed by atoms with van der Waals surface area (Å²) in [5.41, 5.74) is 0.415. The number of rotatable bonds is 5. The highest BCUT2D eigenvalue weighted by Crippen LogP contribution is 2.59. The molecule has 1 amide bonds. The smallest absolute Gasteiger partial charge is 0.230 e. The van der Waals surface area contributed by atoms with E-state index in [2.05, 4.69) is 15.3 Å². The van der Waals surface area contributed by atoms with Crippen LogP contribution in [0.5, 0.6) is 0 Å². The molecule has 0 aromatic carbocycles. The van der Waals surface area contributed by atoms with Crippen molar-refractivity contribution in [2.75, 3.05) is 12.3 Å². The molecule has 0 radical (unpaired) electrons. The maximum atomic E-state index is 12.1. The van der Waals surface area contributed by atoms with Gasteiger partial charge in [-0.3, -0.25) is 4.79 Å². The Bertz CT molecular complexity index is 513. The average Bonchev–Trinajstić information content (AvgIpc) is 2.51. The van der Waals surface area contributed by atoms with E-state index >= 15 is 0 Å². The second-order valence-electron chi connectivity index (χ2n) is 7.51. The molecule has 0 atom stereocenters. The van der Waals surface area contributed by atoms with Gasteiger partial charge in [0.15, 0.2) is 5.16 Å². The second kappa shape index (κ2) is 5.84. The number of carbonyl (C=O) groups excluding carboxylic acids is 1. The third-order valence-corrected chi connectivity index (χ3v) is 6.58. The molecule has 4 nitrogen and oxygen atoms in total. The minimum absolute atomic E-state index is 0.119. The van der Waals surface area contributed by atoms with Gasteiger partial charge in [-0.25, -0.2) is 9.97 Å². The summed E-state index contributed by atoms with van der Waals surface area (Å²) in [5, 5.41) is 3.87. The first-order valence-corrected chi connectivity index (χ1v) is 9.36. The normalized spacial score (nSPS) is 35.5. The van der Waals surface area contributed by atoms with Crippen molar-refractivity contribution in [1.29, 1.82) is 0 Å². The van der Waals surface area contributed by atoms with E-state index < -0.39 is 0 Å². The highest BCUT2D eigenvalue weighted by molar-refractivity contribution is 7.99. The zero-order valence-corrected chi connectivity index (χ0v) is 13.6. The van der Waals surface area contributed by atoms with Crippen LogP contribution in [0.15, 0.2) is 23.6 Å². The molecule has 1 aromatic heterocycles. The largest absolute Gasteiger partial charge is 0.355 e. The van der Waals surface area contributed by atoms with Gasteiger partial charge in [0.1, 0.15) is 0 Å². The number of hydrogen-bond acceptors (Lipinski definition) is 4. The zero-order chi connectivity index (χ0) is 15.0. The minimum Gasteiger partial charge on any atom is -0.355 e. The molecular formula is C17H23N3OS.